The molecule has 4 heterocycles. The standard InChI is InChI=1S/C17H21N5O3.C9H11N/c1-11-9-14(16(18)23)20-21-17(11)22-7-5-12(6-8-22)25-13-3-4-15(24-2)19-10-13;1-2-4-9-7-10-6-5-8(9)3-1/h3-4,9-10,12H,5-8H2,1-2H3,(H2,18,23);5-7H,1-4H2. The van der Waals surface area contributed by atoms with Crippen LogP contribution in [0, 0.1) is 6.92 Å². The Morgan fingerprint density at radius 3 is 2.46 bits per heavy atom. The van der Waals surface area contributed by atoms with Gasteiger partial charge in [0.25, 0.3) is 5.91 Å². The molecule has 35 heavy (non-hydrogen) atoms. The zero-order chi connectivity index (χ0) is 24.6. The van der Waals surface area contributed by atoms with E-state index in [1.54, 1.807) is 25.4 Å². The van der Waals surface area contributed by atoms with Crippen molar-refractivity contribution in [3.63, 3.8) is 0 Å². The Bertz CT molecular complexity index is 1110. The van der Waals surface area contributed by atoms with Crippen molar-refractivity contribution < 1.29 is 14.3 Å². The zero-order valence-electron chi connectivity index (χ0n) is 20.3. The number of anilines is 1. The number of carbonyl (C=O) groups excluding carboxylic acids is 1. The van der Waals surface area contributed by atoms with Gasteiger partial charge in [0.05, 0.1) is 13.3 Å². The van der Waals surface area contributed by atoms with Crippen LogP contribution in [0.5, 0.6) is 11.6 Å². The van der Waals surface area contributed by atoms with Crippen molar-refractivity contribution in [3.05, 3.63) is 65.2 Å². The van der Waals surface area contributed by atoms with Gasteiger partial charge < -0.3 is 20.1 Å². The molecule has 0 radical (unpaired) electrons. The van der Waals surface area contributed by atoms with E-state index >= 15 is 0 Å². The number of aromatic nitrogens is 4. The number of methoxy groups -OCH3 is 1. The number of piperidine rings is 1. The average molecular weight is 477 g/mol. The SMILES string of the molecule is COc1ccc(OC2CCN(c3nnc(C(N)=O)cc3C)CC2)cn1.c1cc2c(cn1)CCCC2. The lowest BCUT2D eigenvalue weighted by Gasteiger charge is -2.33. The molecule has 9 nitrogen and oxygen atoms in total. The maximum atomic E-state index is 11.2. The topological polar surface area (TPSA) is 116 Å². The second-order valence-electron chi connectivity index (χ2n) is 8.79. The minimum atomic E-state index is -0.567. The number of nitrogens with two attached hydrogens (primary N) is 1. The molecule has 0 saturated carbocycles. The Morgan fingerprint density at radius 2 is 1.83 bits per heavy atom. The summed E-state index contributed by atoms with van der Waals surface area (Å²) in [5.41, 5.74) is 9.30. The lowest BCUT2D eigenvalue weighted by Crippen LogP contribution is -2.39. The van der Waals surface area contributed by atoms with Crippen LogP contribution in [0.4, 0.5) is 5.82 Å². The molecular weight excluding hydrogens is 444 g/mol. The monoisotopic (exact) mass is 476 g/mol. The highest BCUT2D eigenvalue weighted by atomic mass is 16.5. The molecule has 0 aromatic carbocycles. The van der Waals surface area contributed by atoms with Gasteiger partial charge in [-0.05, 0) is 67.5 Å². The molecule has 0 spiro atoms. The van der Waals surface area contributed by atoms with Crippen molar-refractivity contribution in [3.8, 4) is 11.6 Å². The molecule has 1 aliphatic heterocycles. The van der Waals surface area contributed by atoms with Gasteiger partial charge in [-0.25, -0.2) is 4.98 Å². The number of ether oxygens (including phenoxy) is 2. The Hall–Kier alpha value is -3.75. The molecule has 0 unspecified atom stereocenters. The van der Waals surface area contributed by atoms with Crippen molar-refractivity contribution in [1.29, 1.82) is 0 Å². The Labute approximate surface area is 205 Å². The van der Waals surface area contributed by atoms with E-state index in [-0.39, 0.29) is 11.8 Å². The fourth-order valence-corrected chi connectivity index (χ4v) is 4.40. The first kappa shape index (κ1) is 24.4. The van der Waals surface area contributed by atoms with Gasteiger partial charge in [-0.1, -0.05) is 0 Å². The van der Waals surface area contributed by atoms with E-state index in [0.717, 1.165) is 43.1 Å². The Balaban J connectivity index is 0.000000239. The van der Waals surface area contributed by atoms with E-state index in [2.05, 4.69) is 31.1 Å². The molecule has 3 aromatic rings. The Kier molecular flexibility index (Phi) is 8.07. The minimum absolute atomic E-state index is 0.129. The zero-order valence-corrected chi connectivity index (χ0v) is 20.3. The number of hydrogen-bond donors (Lipinski definition) is 1. The predicted octanol–water partition coefficient (Wildman–Crippen LogP) is 3.30. The summed E-state index contributed by atoms with van der Waals surface area (Å²) in [6, 6.07) is 7.46. The predicted molar refractivity (Wildman–Crippen MR) is 133 cm³/mol. The van der Waals surface area contributed by atoms with Crippen LogP contribution in [0.1, 0.15) is 52.9 Å². The molecule has 0 atom stereocenters. The maximum Gasteiger partial charge on any atom is 0.269 e. The van der Waals surface area contributed by atoms with Crippen LogP contribution in [0.3, 0.4) is 0 Å². The highest BCUT2D eigenvalue weighted by molar-refractivity contribution is 5.90. The lowest BCUT2D eigenvalue weighted by molar-refractivity contribution is 0.0994. The number of nitrogens with zero attached hydrogens (tertiary/aromatic N) is 5. The molecule has 2 N–H and O–H groups in total. The summed E-state index contributed by atoms with van der Waals surface area (Å²) in [5, 5.41) is 8.06. The molecule has 1 amide bonds. The van der Waals surface area contributed by atoms with Crippen LogP contribution in [-0.2, 0) is 12.8 Å². The summed E-state index contributed by atoms with van der Waals surface area (Å²) in [7, 11) is 1.58. The summed E-state index contributed by atoms with van der Waals surface area (Å²) < 4.78 is 11.0. The molecule has 184 valence electrons. The average Bonchev–Trinajstić information content (AvgIpc) is 2.90. The number of rotatable bonds is 5. The third-order valence-electron chi connectivity index (χ3n) is 6.32. The highest BCUT2D eigenvalue weighted by Gasteiger charge is 2.23. The molecule has 5 rings (SSSR count). The quantitative estimate of drug-likeness (QED) is 0.596. The molecule has 2 aliphatic rings. The van der Waals surface area contributed by atoms with Gasteiger partial charge in [0.2, 0.25) is 5.88 Å². The molecular formula is C26H32N6O3. The van der Waals surface area contributed by atoms with E-state index in [1.807, 2.05) is 25.4 Å². The number of hydrogen-bond acceptors (Lipinski definition) is 8. The smallest absolute Gasteiger partial charge is 0.269 e. The van der Waals surface area contributed by atoms with Gasteiger partial charge in [-0.2, -0.15) is 0 Å². The van der Waals surface area contributed by atoms with Crippen molar-refractivity contribution in [1.82, 2.24) is 20.2 Å². The number of amides is 1. The largest absolute Gasteiger partial charge is 0.489 e. The van der Waals surface area contributed by atoms with Gasteiger partial charge in [0.15, 0.2) is 11.5 Å². The van der Waals surface area contributed by atoms with Gasteiger partial charge in [0.1, 0.15) is 11.9 Å². The molecule has 0 bridgehead atoms. The van der Waals surface area contributed by atoms with Crippen LogP contribution in [0.2, 0.25) is 0 Å². The van der Waals surface area contributed by atoms with Gasteiger partial charge in [-0.15, -0.1) is 10.2 Å². The highest BCUT2D eigenvalue weighted by Crippen LogP contribution is 2.24. The second kappa shape index (κ2) is 11.6. The summed E-state index contributed by atoms with van der Waals surface area (Å²) in [4.78, 5) is 21.6. The summed E-state index contributed by atoms with van der Waals surface area (Å²) in [5.74, 6) is 1.52. The summed E-state index contributed by atoms with van der Waals surface area (Å²) in [6.45, 7) is 3.52. The first-order chi connectivity index (χ1) is 17.0. The van der Waals surface area contributed by atoms with Crippen molar-refractivity contribution in [2.24, 2.45) is 5.73 Å². The maximum absolute atomic E-state index is 11.2. The number of fused-ring (bicyclic) bond motifs is 1. The number of carbonyl (C=O) groups is 1. The van der Waals surface area contributed by atoms with Gasteiger partial charge >= 0.3 is 0 Å². The van der Waals surface area contributed by atoms with Gasteiger partial charge in [0, 0.05) is 44.4 Å². The molecule has 3 aromatic heterocycles. The van der Waals surface area contributed by atoms with E-state index < -0.39 is 5.91 Å². The first-order valence-corrected chi connectivity index (χ1v) is 12.0. The summed E-state index contributed by atoms with van der Waals surface area (Å²) >= 11 is 0. The molecule has 1 aliphatic carbocycles. The third kappa shape index (κ3) is 6.44. The van der Waals surface area contributed by atoms with E-state index in [4.69, 9.17) is 15.2 Å². The Morgan fingerprint density at radius 1 is 1.06 bits per heavy atom. The molecule has 1 fully saturated rings. The number of pyridine rings is 2. The van der Waals surface area contributed by atoms with Crippen LogP contribution in [0.25, 0.3) is 0 Å². The fraction of sp³-hybridized carbons (Fsp3) is 0.423. The second-order valence-corrected chi connectivity index (χ2v) is 8.79. The van der Waals surface area contributed by atoms with E-state index in [9.17, 15) is 4.79 Å². The third-order valence-corrected chi connectivity index (χ3v) is 6.32. The van der Waals surface area contributed by atoms with Crippen LogP contribution < -0.4 is 20.1 Å². The lowest BCUT2D eigenvalue weighted by atomic mass is 9.94. The van der Waals surface area contributed by atoms with Crippen molar-refractivity contribution >= 4 is 11.7 Å². The normalized spacial score (nSPS) is 15.4. The van der Waals surface area contributed by atoms with Crippen LogP contribution in [-0.4, -0.2) is 52.4 Å². The number of aryl methyl sites for hydroxylation is 3. The van der Waals surface area contributed by atoms with Crippen LogP contribution in [0.15, 0.2) is 42.9 Å². The fourth-order valence-electron chi connectivity index (χ4n) is 4.40. The van der Waals surface area contributed by atoms with Crippen molar-refractivity contribution in [2.75, 3.05) is 25.1 Å². The van der Waals surface area contributed by atoms with Crippen LogP contribution >= 0.6 is 0 Å². The van der Waals surface area contributed by atoms with Gasteiger partial charge in [-0.3, -0.25) is 9.78 Å². The minimum Gasteiger partial charge on any atom is -0.489 e. The first-order valence-electron chi connectivity index (χ1n) is 12.0. The van der Waals surface area contributed by atoms with Crippen molar-refractivity contribution in [2.45, 2.75) is 51.6 Å². The van der Waals surface area contributed by atoms with E-state index in [0.29, 0.717) is 5.88 Å². The summed E-state index contributed by atoms with van der Waals surface area (Å²) in [6.07, 6.45) is 12.6. The molecule has 9 heteroatoms. The number of primary amides is 1. The van der Waals surface area contributed by atoms with E-state index in [1.165, 1.54) is 36.8 Å². The molecule has 1 saturated heterocycles.